The molecule has 0 aromatic heterocycles. The second kappa shape index (κ2) is 22.5. The summed E-state index contributed by atoms with van der Waals surface area (Å²) in [5.74, 6) is -2.55. The zero-order chi connectivity index (χ0) is 23.1. The third kappa shape index (κ3) is 18.0. The fourth-order valence-corrected chi connectivity index (χ4v) is 4.26. The van der Waals surface area contributed by atoms with E-state index in [2.05, 4.69) is 20.8 Å². The van der Waals surface area contributed by atoms with Gasteiger partial charge in [0.15, 0.2) is 0 Å². The number of unbranched alkanes of at least 4 members (excludes halogenated alkanes) is 13. The van der Waals surface area contributed by atoms with Crippen LogP contribution in [0.5, 0.6) is 0 Å². The van der Waals surface area contributed by atoms with Gasteiger partial charge in [-0.3, -0.25) is 0 Å². The van der Waals surface area contributed by atoms with Gasteiger partial charge in [-0.2, -0.15) is 0 Å². The molecule has 0 saturated heterocycles. The summed E-state index contributed by atoms with van der Waals surface area (Å²) in [4.78, 5) is 0. The third-order valence-corrected chi connectivity index (χ3v) is 6.24. The van der Waals surface area contributed by atoms with E-state index in [0.29, 0.717) is 0 Å². The minimum absolute atomic E-state index is 0.723. The van der Waals surface area contributed by atoms with Crippen LogP contribution in [-0.2, 0) is 22.8 Å². The first kappa shape index (κ1) is 32.5. The first-order valence-corrected chi connectivity index (χ1v) is 13.9. The van der Waals surface area contributed by atoms with Gasteiger partial charge in [0.25, 0.3) is 5.97 Å². The molecule has 30 heavy (non-hydrogen) atoms. The molecule has 0 aromatic carbocycles. The van der Waals surface area contributed by atoms with E-state index in [9.17, 15) is 15.3 Å². The van der Waals surface area contributed by atoms with Gasteiger partial charge in [-0.25, -0.2) is 0 Å². The average Bonchev–Trinajstić information content (AvgIpc) is 2.69. The van der Waals surface area contributed by atoms with Crippen LogP contribution in [0.15, 0.2) is 0 Å². The molecule has 0 amide bonds. The van der Waals surface area contributed by atoms with Crippen molar-refractivity contribution < 1.29 is 41.8 Å². The molecule has 0 aromatic rings. The van der Waals surface area contributed by atoms with Gasteiger partial charge in [0.1, 0.15) is 0 Å². The summed E-state index contributed by atoms with van der Waals surface area (Å²) in [6.45, 7) is 6.63. The molecule has 0 bridgehead atoms. The van der Waals surface area contributed by atoms with Crippen LogP contribution < -0.4 is 0 Å². The first-order chi connectivity index (χ1) is 14.3. The Morgan fingerprint density at radius 1 is 0.533 bits per heavy atom. The van der Waals surface area contributed by atoms with Crippen molar-refractivity contribution in [2.45, 2.75) is 149 Å². The Kier molecular flexibility index (Phi) is 24.4. The van der Waals surface area contributed by atoms with Crippen molar-refractivity contribution in [3.05, 3.63) is 0 Å². The molecular weight excluding hydrogens is 416 g/mol. The molecule has 6 heteroatoms. The Labute approximate surface area is 195 Å². The fraction of sp³-hybridized carbons (Fsp3) is 1.00. The average molecular weight is 468 g/mol. The zero-order valence-corrected chi connectivity index (χ0v) is 21.7. The Balaban J connectivity index is 0. The van der Waals surface area contributed by atoms with Gasteiger partial charge >= 0.3 is 26.5 Å². The van der Waals surface area contributed by atoms with Crippen molar-refractivity contribution in [3.8, 4) is 0 Å². The summed E-state index contributed by atoms with van der Waals surface area (Å²) >= 11 is -1.75. The van der Waals surface area contributed by atoms with Crippen LogP contribution in [0, 0.1) is 5.41 Å². The predicted molar refractivity (Wildman–Crippen MR) is 119 cm³/mol. The molecule has 0 atom stereocenters. The molecule has 0 aliphatic heterocycles. The van der Waals surface area contributed by atoms with Crippen molar-refractivity contribution >= 4 is 0 Å². The Morgan fingerprint density at radius 2 is 0.767 bits per heavy atom. The second-order valence-corrected chi connectivity index (χ2v) is 9.14. The van der Waals surface area contributed by atoms with E-state index in [4.69, 9.17) is 7.01 Å². The van der Waals surface area contributed by atoms with Crippen molar-refractivity contribution in [2.24, 2.45) is 5.41 Å². The van der Waals surface area contributed by atoms with Gasteiger partial charge in [0.05, 0.1) is 5.41 Å². The van der Waals surface area contributed by atoms with Gasteiger partial charge in [0, 0.05) is 0 Å². The van der Waals surface area contributed by atoms with Gasteiger partial charge in [-0.1, -0.05) is 124 Å². The standard InChI is InChI=1S/C24H50O3.H2O.O.Ti/c1-4-7-10-13-15-18-21-23(24(25,26)27,20-17-12-9-6-3)22-19-16-14-11-8-5-2;;;/h25-27H,4-22H2,1-3H3;1H2;;/q;;;+1/p-1. The number of rotatable bonds is 20. The summed E-state index contributed by atoms with van der Waals surface area (Å²) in [7, 11) is 0. The summed E-state index contributed by atoms with van der Waals surface area (Å²) in [6, 6.07) is 0. The van der Waals surface area contributed by atoms with E-state index in [1.807, 2.05) is 0 Å². The molecular formula is C24H51O5Ti. The SMILES string of the molecule is CCCCCCCCC(CCCCCC)(CCCCCCCC)C(O)(O)O.[O]=[Ti][OH]. The Morgan fingerprint density at radius 3 is 1.03 bits per heavy atom. The van der Waals surface area contributed by atoms with Crippen LogP contribution >= 0.6 is 0 Å². The second-order valence-electron chi connectivity index (χ2n) is 8.85. The van der Waals surface area contributed by atoms with Crippen LogP contribution in [0.3, 0.4) is 0 Å². The Bertz CT molecular complexity index is 342. The molecule has 4 N–H and O–H groups in total. The number of hydrogen-bond acceptors (Lipinski definition) is 4. The van der Waals surface area contributed by atoms with Crippen LogP contribution in [0.2, 0.25) is 0 Å². The molecule has 5 nitrogen and oxygen atoms in total. The normalized spacial score (nSPS) is 11.7. The quantitative estimate of drug-likeness (QED) is 0.0944. The summed E-state index contributed by atoms with van der Waals surface area (Å²) < 4.78 is 15.8. The number of aliphatic hydroxyl groups is 3. The van der Waals surface area contributed by atoms with E-state index in [-0.39, 0.29) is 0 Å². The molecule has 0 aliphatic carbocycles. The molecule has 0 rings (SSSR count). The summed E-state index contributed by atoms with van der Waals surface area (Å²) in [5, 5.41) is 30.8. The monoisotopic (exact) mass is 467 g/mol. The third-order valence-electron chi connectivity index (χ3n) is 6.24. The van der Waals surface area contributed by atoms with E-state index in [1.54, 1.807) is 0 Å². The maximum absolute atomic E-state index is 10.3. The van der Waals surface area contributed by atoms with Gasteiger partial charge < -0.3 is 15.3 Å². The Hall–Kier alpha value is 0.354. The molecule has 0 heterocycles. The van der Waals surface area contributed by atoms with E-state index in [0.717, 1.165) is 57.8 Å². The van der Waals surface area contributed by atoms with E-state index >= 15 is 0 Å². The predicted octanol–water partition coefficient (Wildman–Crippen LogP) is 6.40. The van der Waals surface area contributed by atoms with Gasteiger partial charge in [-0.15, -0.1) is 0 Å². The summed E-state index contributed by atoms with van der Waals surface area (Å²) in [6.07, 6.45) is 20.8. The molecule has 0 spiro atoms. The maximum atomic E-state index is 10.3. The van der Waals surface area contributed by atoms with Crippen molar-refractivity contribution in [1.82, 2.24) is 0 Å². The molecule has 0 fully saturated rings. The molecule has 0 aliphatic rings. The van der Waals surface area contributed by atoms with Crippen LogP contribution in [0.4, 0.5) is 0 Å². The van der Waals surface area contributed by atoms with Gasteiger partial charge in [-0.05, 0) is 19.3 Å². The number of hydrogen-bond donors (Lipinski definition) is 4. The van der Waals surface area contributed by atoms with E-state index in [1.165, 1.54) is 64.2 Å². The van der Waals surface area contributed by atoms with Crippen molar-refractivity contribution in [2.75, 3.05) is 0 Å². The zero-order valence-electron chi connectivity index (χ0n) is 20.1. The topological polar surface area (TPSA) is 98.0 Å². The minimum atomic E-state index is -2.55. The summed E-state index contributed by atoms with van der Waals surface area (Å²) in [5.41, 5.74) is -0.754. The van der Waals surface area contributed by atoms with Crippen LogP contribution in [0.25, 0.3) is 0 Å². The van der Waals surface area contributed by atoms with E-state index < -0.39 is 30.9 Å². The van der Waals surface area contributed by atoms with Gasteiger partial charge in [0.2, 0.25) is 0 Å². The first-order valence-electron chi connectivity index (χ1n) is 12.5. The van der Waals surface area contributed by atoms with Crippen molar-refractivity contribution in [1.29, 1.82) is 0 Å². The molecule has 0 unspecified atom stereocenters. The molecule has 0 radical (unpaired) electrons. The molecule has 181 valence electrons. The molecule has 0 saturated carbocycles. The van der Waals surface area contributed by atoms with Crippen molar-refractivity contribution in [3.63, 3.8) is 0 Å². The fourth-order valence-electron chi connectivity index (χ4n) is 4.26. The van der Waals surface area contributed by atoms with Crippen LogP contribution in [-0.4, -0.2) is 25.0 Å². The van der Waals surface area contributed by atoms with Crippen LogP contribution in [0.1, 0.15) is 143 Å².